The van der Waals surface area contributed by atoms with Gasteiger partial charge in [0.15, 0.2) is 0 Å². The van der Waals surface area contributed by atoms with Gasteiger partial charge in [0.1, 0.15) is 5.52 Å². The van der Waals surface area contributed by atoms with E-state index in [1.807, 2.05) is 18.3 Å². The summed E-state index contributed by atoms with van der Waals surface area (Å²) >= 11 is 6.98. The van der Waals surface area contributed by atoms with Crippen LogP contribution in [-0.2, 0) is 0 Å². The second-order valence-corrected chi connectivity index (χ2v) is 6.92. The summed E-state index contributed by atoms with van der Waals surface area (Å²) in [6.45, 7) is 4.32. The summed E-state index contributed by atoms with van der Waals surface area (Å²) in [5, 5.41) is 3.49. The number of rotatable bonds is 4. The van der Waals surface area contributed by atoms with Crippen LogP contribution in [0.15, 0.2) is 29.0 Å². The van der Waals surface area contributed by atoms with E-state index in [0.29, 0.717) is 10.9 Å². The fourth-order valence-corrected chi connectivity index (χ4v) is 2.81. The molecule has 96 valence electrons. The molecule has 0 aliphatic carbocycles. The fourth-order valence-electron chi connectivity index (χ4n) is 1.93. The Hall–Kier alpha value is -0.680. The third kappa shape index (κ3) is 3.42. The summed E-state index contributed by atoms with van der Waals surface area (Å²) < 4.78 is 0.946. The van der Waals surface area contributed by atoms with E-state index < -0.39 is 0 Å². The van der Waals surface area contributed by atoms with Crippen LogP contribution in [0.5, 0.6) is 0 Å². The van der Waals surface area contributed by atoms with Gasteiger partial charge in [-0.3, -0.25) is 9.97 Å². The average molecular weight is 373 g/mol. The molecule has 0 spiro atoms. The molecule has 3 nitrogen and oxygen atoms in total. The van der Waals surface area contributed by atoms with E-state index in [4.69, 9.17) is 0 Å². The highest BCUT2D eigenvalue weighted by atomic mass is 79.9. The Balaban J connectivity index is 2.28. The van der Waals surface area contributed by atoms with Gasteiger partial charge in [0, 0.05) is 27.7 Å². The summed E-state index contributed by atoms with van der Waals surface area (Å²) in [5.74, 6) is 0. The maximum absolute atomic E-state index is 4.43. The molecular formula is C13H15Br2N3. The lowest BCUT2D eigenvalue weighted by Gasteiger charge is -2.17. The largest absolute Gasteiger partial charge is 0.381 e. The fraction of sp³-hybridized carbons (Fsp3) is 0.385. The standard InChI is InChI=1S/C13H15Br2N3/c1-8(14)5-9(2)18-11-3-4-16-12-6-10(15)7-17-13(11)12/h3-4,6-9H,5H2,1-2H3,(H,16,18). The molecular weight excluding hydrogens is 358 g/mol. The average Bonchev–Trinajstić information content (AvgIpc) is 2.27. The Morgan fingerprint density at radius 1 is 1.33 bits per heavy atom. The highest BCUT2D eigenvalue weighted by molar-refractivity contribution is 9.10. The molecule has 0 aliphatic heterocycles. The minimum atomic E-state index is 0.385. The molecule has 0 saturated heterocycles. The second-order valence-electron chi connectivity index (χ2n) is 4.44. The van der Waals surface area contributed by atoms with Gasteiger partial charge in [-0.05, 0) is 41.4 Å². The van der Waals surface area contributed by atoms with Gasteiger partial charge in [-0.15, -0.1) is 0 Å². The van der Waals surface area contributed by atoms with Gasteiger partial charge in [0.25, 0.3) is 0 Å². The molecule has 0 fully saturated rings. The van der Waals surface area contributed by atoms with Crippen molar-refractivity contribution >= 4 is 48.6 Å². The van der Waals surface area contributed by atoms with E-state index in [0.717, 1.165) is 27.6 Å². The molecule has 2 aromatic heterocycles. The zero-order valence-corrected chi connectivity index (χ0v) is 13.5. The van der Waals surface area contributed by atoms with Crippen molar-refractivity contribution in [1.82, 2.24) is 9.97 Å². The van der Waals surface area contributed by atoms with Crippen molar-refractivity contribution in [3.63, 3.8) is 0 Å². The minimum Gasteiger partial charge on any atom is -0.381 e. The third-order valence-electron chi connectivity index (χ3n) is 2.62. The van der Waals surface area contributed by atoms with Crippen molar-refractivity contribution < 1.29 is 0 Å². The molecule has 5 heteroatoms. The van der Waals surface area contributed by atoms with Gasteiger partial charge >= 0.3 is 0 Å². The quantitative estimate of drug-likeness (QED) is 0.810. The minimum absolute atomic E-state index is 0.385. The Morgan fingerprint density at radius 3 is 2.83 bits per heavy atom. The van der Waals surface area contributed by atoms with Gasteiger partial charge in [-0.25, -0.2) is 0 Å². The van der Waals surface area contributed by atoms with E-state index in [2.05, 4.69) is 61.0 Å². The highest BCUT2D eigenvalue weighted by Gasteiger charge is 2.09. The molecule has 0 amide bonds. The number of alkyl halides is 1. The lowest BCUT2D eigenvalue weighted by molar-refractivity contribution is 0.709. The van der Waals surface area contributed by atoms with Crippen LogP contribution in [0.25, 0.3) is 11.0 Å². The predicted octanol–water partition coefficient (Wildman–Crippen LogP) is 4.37. The number of aromatic nitrogens is 2. The molecule has 2 rings (SSSR count). The van der Waals surface area contributed by atoms with E-state index >= 15 is 0 Å². The first-order valence-electron chi connectivity index (χ1n) is 5.87. The lowest BCUT2D eigenvalue weighted by Crippen LogP contribution is -2.18. The van der Waals surface area contributed by atoms with Gasteiger partial charge in [0.05, 0.1) is 11.2 Å². The van der Waals surface area contributed by atoms with E-state index in [-0.39, 0.29) is 0 Å². The molecule has 18 heavy (non-hydrogen) atoms. The van der Waals surface area contributed by atoms with E-state index in [9.17, 15) is 0 Å². The van der Waals surface area contributed by atoms with Crippen LogP contribution < -0.4 is 5.32 Å². The molecule has 2 heterocycles. The maximum Gasteiger partial charge on any atom is 0.112 e. The van der Waals surface area contributed by atoms with Gasteiger partial charge in [-0.1, -0.05) is 22.9 Å². The van der Waals surface area contributed by atoms with E-state index in [1.54, 1.807) is 6.20 Å². The number of halogens is 2. The van der Waals surface area contributed by atoms with Crippen LogP contribution in [0.4, 0.5) is 5.69 Å². The highest BCUT2D eigenvalue weighted by Crippen LogP contribution is 2.23. The molecule has 1 N–H and O–H groups in total. The number of nitrogens with zero attached hydrogens (tertiary/aromatic N) is 2. The van der Waals surface area contributed by atoms with Crippen molar-refractivity contribution in [2.75, 3.05) is 5.32 Å². The zero-order chi connectivity index (χ0) is 13.1. The van der Waals surface area contributed by atoms with Crippen LogP contribution in [-0.4, -0.2) is 20.8 Å². The SMILES string of the molecule is CC(Br)CC(C)Nc1ccnc2cc(Br)cnc12. The summed E-state index contributed by atoms with van der Waals surface area (Å²) in [7, 11) is 0. The first-order chi connectivity index (χ1) is 8.56. The molecule has 0 saturated carbocycles. The van der Waals surface area contributed by atoms with Crippen molar-refractivity contribution in [3.05, 3.63) is 29.0 Å². The van der Waals surface area contributed by atoms with Crippen LogP contribution in [0, 0.1) is 0 Å². The predicted molar refractivity (Wildman–Crippen MR) is 83.3 cm³/mol. The smallest absolute Gasteiger partial charge is 0.112 e. The molecule has 2 aromatic rings. The Labute approximate surface area is 124 Å². The molecule has 2 unspecified atom stereocenters. The Morgan fingerprint density at radius 2 is 2.11 bits per heavy atom. The first kappa shape index (κ1) is 13.7. The summed E-state index contributed by atoms with van der Waals surface area (Å²) in [5.41, 5.74) is 2.84. The number of hydrogen-bond acceptors (Lipinski definition) is 3. The first-order valence-corrected chi connectivity index (χ1v) is 7.58. The van der Waals surface area contributed by atoms with Crippen molar-refractivity contribution in [3.8, 4) is 0 Å². The monoisotopic (exact) mass is 371 g/mol. The van der Waals surface area contributed by atoms with Crippen LogP contribution in [0.3, 0.4) is 0 Å². The van der Waals surface area contributed by atoms with Crippen molar-refractivity contribution in [2.24, 2.45) is 0 Å². The Bertz CT molecular complexity index is 543. The van der Waals surface area contributed by atoms with Crippen molar-refractivity contribution in [2.45, 2.75) is 31.1 Å². The maximum atomic E-state index is 4.43. The zero-order valence-electron chi connectivity index (χ0n) is 10.3. The van der Waals surface area contributed by atoms with Gasteiger partial charge in [0.2, 0.25) is 0 Å². The van der Waals surface area contributed by atoms with Crippen LogP contribution >= 0.6 is 31.9 Å². The van der Waals surface area contributed by atoms with E-state index in [1.165, 1.54) is 0 Å². The van der Waals surface area contributed by atoms with Gasteiger partial charge in [-0.2, -0.15) is 0 Å². The summed E-state index contributed by atoms with van der Waals surface area (Å²) in [6.07, 6.45) is 4.66. The lowest BCUT2D eigenvalue weighted by atomic mass is 10.2. The van der Waals surface area contributed by atoms with Crippen LogP contribution in [0.1, 0.15) is 20.3 Å². The third-order valence-corrected chi connectivity index (χ3v) is 3.43. The molecule has 0 aromatic carbocycles. The number of nitrogens with one attached hydrogen (secondary N) is 1. The molecule has 0 aliphatic rings. The topological polar surface area (TPSA) is 37.8 Å². The second kappa shape index (κ2) is 5.97. The number of pyridine rings is 2. The molecule has 2 atom stereocenters. The number of fused-ring (bicyclic) bond motifs is 1. The molecule has 0 radical (unpaired) electrons. The van der Waals surface area contributed by atoms with Crippen LogP contribution in [0.2, 0.25) is 0 Å². The summed E-state index contributed by atoms with van der Waals surface area (Å²) in [6, 6.07) is 4.33. The van der Waals surface area contributed by atoms with Gasteiger partial charge < -0.3 is 5.32 Å². The molecule has 0 bridgehead atoms. The number of anilines is 1. The number of hydrogen-bond donors (Lipinski definition) is 1. The summed E-state index contributed by atoms with van der Waals surface area (Å²) in [4.78, 5) is 9.25. The Kier molecular flexibility index (Phi) is 4.56. The normalized spacial score (nSPS) is 14.4. The van der Waals surface area contributed by atoms with Crippen molar-refractivity contribution in [1.29, 1.82) is 0 Å².